The number of nitrogens with two attached hydrogens (primary N) is 1. The quantitative estimate of drug-likeness (QED) is 0.863. The summed E-state index contributed by atoms with van der Waals surface area (Å²) in [7, 11) is 1.37. The molecule has 0 aromatic heterocycles. The number of Topliss-reactive ketones (excluding diaryl/α,β-unsaturated/α-hetero) is 1. The van der Waals surface area contributed by atoms with Crippen molar-refractivity contribution in [1.29, 1.82) is 0 Å². The molecule has 2 aromatic rings. The van der Waals surface area contributed by atoms with Gasteiger partial charge in [-0.25, -0.2) is 8.78 Å². The van der Waals surface area contributed by atoms with Crippen LogP contribution in [0.3, 0.4) is 0 Å². The second kappa shape index (κ2) is 6.34. The maximum atomic E-state index is 13.6. The Labute approximate surface area is 125 Å². The molecule has 0 bridgehead atoms. The van der Waals surface area contributed by atoms with E-state index in [1.165, 1.54) is 31.4 Å². The van der Waals surface area contributed by atoms with Crippen molar-refractivity contribution < 1.29 is 23.1 Å². The van der Waals surface area contributed by atoms with Gasteiger partial charge in [0, 0.05) is 18.1 Å². The van der Waals surface area contributed by atoms with Crippen molar-refractivity contribution in [3.8, 4) is 5.75 Å². The van der Waals surface area contributed by atoms with E-state index in [1.807, 2.05) is 0 Å². The van der Waals surface area contributed by atoms with Crippen molar-refractivity contribution in [3.05, 3.63) is 64.7 Å². The topological polar surface area (TPSA) is 69.4 Å². The Morgan fingerprint density at radius 3 is 2.45 bits per heavy atom. The van der Waals surface area contributed by atoms with Crippen LogP contribution in [0.1, 0.15) is 26.3 Å². The van der Waals surface area contributed by atoms with Gasteiger partial charge in [0.15, 0.2) is 5.78 Å². The highest BCUT2D eigenvalue weighted by Gasteiger charge is 2.17. The summed E-state index contributed by atoms with van der Waals surface area (Å²) in [4.78, 5) is 23.5. The molecule has 2 aromatic carbocycles. The van der Waals surface area contributed by atoms with Crippen molar-refractivity contribution >= 4 is 11.7 Å². The first-order valence-corrected chi connectivity index (χ1v) is 6.37. The molecular formula is C16H13F2NO3. The summed E-state index contributed by atoms with van der Waals surface area (Å²) in [6.45, 7) is 0. The number of benzene rings is 2. The summed E-state index contributed by atoms with van der Waals surface area (Å²) in [6.07, 6.45) is -0.287. The lowest BCUT2D eigenvalue weighted by Gasteiger charge is -2.09. The minimum Gasteiger partial charge on any atom is -0.496 e. The van der Waals surface area contributed by atoms with Crippen molar-refractivity contribution in [3.63, 3.8) is 0 Å². The van der Waals surface area contributed by atoms with Gasteiger partial charge in [-0.3, -0.25) is 9.59 Å². The summed E-state index contributed by atoms with van der Waals surface area (Å²) < 4.78 is 31.6. The third-order valence-corrected chi connectivity index (χ3v) is 3.15. The van der Waals surface area contributed by atoms with Crippen molar-refractivity contribution in [2.75, 3.05) is 7.11 Å². The Balaban J connectivity index is 2.35. The standard InChI is InChI=1S/C16H13F2NO3/c1-22-15-5-3-10(16(19)21)6-12(15)14(20)7-9-2-4-11(17)8-13(9)18/h2-6,8H,7H2,1H3,(H2,19,21). The van der Waals surface area contributed by atoms with Crippen LogP contribution in [-0.4, -0.2) is 18.8 Å². The Morgan fingerprint density at radius 1 is 1.14 bits per heavy atom. The number of hydrogen-bond acceptors (Lipinski definition) is 3. The smallest absolute Gasteiger partial charge is 0.248 e. The molecule has 0 aliphatic carbocycles. The number of methoxy groups -OCH3 is 1. The molecule has 0 aliphatic heterocycles. The number of carbonyl (C=O) groups is 2. The van der Waals surface area contributed by atoms with E-state index in [9.17, 15) is 18.4 Å². The molecular weight excluding hydrogens is 292 g/mol. The van der Waals surface area contributed by atoms with E-state index in [4.69, 9.17) is 10.5 Å². The van der Waals surface area contributed by atoms with Crippen LogP contribution in [0.5, 0.6) is 5.75 Å². The predicted molar refractivity (Wildman–Crippen MR) is 75.9 cm³/mol. The van der Waals surface area contributed by atoms with Crippen LogP contribution >= 0.6 is 0 Å². The molecule has 0 unspecified atom stereocenters. The molecule has 114 valence electrons. The van der Waals surface area contributed by atoms with Crippen LogP contribution in [0.2, 0.25) is 0 Å². The lowest BCUT2D eigenvalue weighted by Crippen LogP contribution is -2.13. The van der Waals surface area contributed by atoms with Gasteiger partial charge in [-0.15, -0.1) is 0 Å². The van der Waals surface area contributed by atoms with Gasteiger partial charge in [0.1, 0.15) is 17.4 Å². The first-order valence-electron chi connectivity index (χ1n) is 6.37. The van der Waals surface area contributed by atoms with Crippen LogP contribution in [0, 0.1) is 11.6 Å². The highest BCUT2D eigenvalue weighted by Crippen LogP contribution is 2.22. The summed E-state index contributed by atoms with van der Waals surface area (Å²) in [5.74, 6) is -2.44. The number of amides is 1. The van der Waals surface area contributed by atoms with E-state index >= 15 is 0 Å². The fraction of sp³-hybridized carbons (Fsp3) is 0.125. The summed E-state index contributed by atoms with van der Waals surface area (Å²) in [6, 6.07) is 7.14. The SMILES string of the molecule is COc1ccc(C(N)=O)cc1C(=O)Cc1ccc(F)cc1F. The second-order valence-corrected chi connectivity index (χ2v) is 4.61. The number of rotatable bonds is 5. The molecule has 0 radical (unpaired) electrons. The minimum absolute atomic E-state index is 0.0536. The predicted octanol–water partition coefficient (Wildman–Crippen LogP) is 2.50. The van der Waals surface area contributed by atoms with Gasteiger partial charge in [-0.1, -0.05) is 6.07 Å². The lowest BCUT2D eigenvalue weighted by atomic mass is 9.99. The van der Waals surface area contributed by atoms with E-state index in [0.29, 0.717) is 6.07 Å². The number of halogens is 2. The average molecular weight is 305 g/mol. The second-order valence-electron chi connectivity index (χ2n) is 4.61. The molecule has 1 amide bonds. The summed E-state index contributed by atoms with van der Waals surface area (Å²) in [5.41, 5.74) is 5.48. The van der Waals surface area contributed by atoms with E-state index in [2.05, 4.69) is 0 Å². The molecule has 2 rings (SSSR count). The van der Waals surface area contributed by atoms with Gasteiger partial charge < -0.3 is 10.5 Å². The molecule has 0 saturated carbocycles. The third-order valence-electron chi connectivity index (χ3n) is 3.15. The molecule has 0 aliphatic rings. The number of ketones is 1. The molecule has 0 fully saturated rings. The summed E-state index contributed by atoms with van der Waals surface area (Å²) in [5, 5.41) is 0. The van der Waals surface area contributed by atoms with Gasteiger partial charge in [0.05, 0.1) is 12.7 Å². The Morgan fingerprint density at radius 2 is 1.86 bits per heavy atom. The zero-order chi connectivity index (χ0) is 16.3. The maximum Gasteiger partial charge on any atom is 0.248 e. The van der Waals surface area contributed by atoms with Gasteiger partial charge in [0.2, 0.25) is 5.91 Å². The van der Waals surface area contributed by atoms with Crippen LogP contribution in [0.4, 0.5) is 8.78 Å². The van der Waals surface area contributed by atoms with E-state index in [1.54, 1.807) is 0 Å². The van der Waals surface area contributed by atoms with E-state index < -0.39 is 23.3 Å². The molecule has 0 saturated heterocycles. The zero-order valence-electron chi connectivity index (χ0n) is 11.7. The first kappa shape index (κ1) is 15.6. The molecule has 4 nitrogen and oxygen atoms in total. The molecule has 0 spiro atoms. The van der Waals surface area contributed by atoms with Gasteiger partial charge in [-0.2, -0.15) is 0 Å². The largest absolute Gasteiger partial charge is 0.496 e. The lowest BCUT2D eigenvalue weighted by molar-refractivity contribution is 0.0988. The maximum absolute atomic E-state index is 13.6. The molecule has 6 heteroatoms. The van der Waals surface area contributed by atoms with Crippen LogP contribution in [0.15, 0.2) is 36.4 Å². The van der Waals surface area contributed by atoms with Crippen molar-refractivity contribution in [1.82, 2.24) is 0 Å². The van der Waals surface area contributed by atoms with Crippen LogP contribution < -0.4 is 10.5 Å². The molecule has 2 N–H and O–H groups in total. The van der Waals surface area contributed by atoms with Gasteiger partial charge in [0.25, 0.3) is 0 Å². The van der Waals surface area contributed by atoms with E-state index in [0.717, 1.165) is 6.07 Å². The highest BCUT2D eigenvalue weighted by atomic mass is 19.1. The number of ether oxygens (including phenoxy) is 1. The van der Waals surface area contributed by atoms with Crippen LogP contribution in [0.25, 0.3) is 0 Å². The summed E-state index contributed by atoms with van der Waals surface area (Å²) >= 11 is 0. The number of primary amides is 1. The van der Waals surface area contributed by atoms with Crippen LogP contribution in [-0.2, 0) is 6.42 Å². The molecule has 0 heterocycles. The Kier molecular flexibility index (Phi) is 4.50. The van der Waals surface area contributed by atoms with Gasteiger partial charge >= 0.3 is 0 Å². The molecule has 22 heavy (non-hydrogen) atoms. The average Bonchev–Trinajstić information content (AvgIpc) is 2.49. The monoisotopic (exact) mass is 305 g/mol. The number of hydrogen-bond donors (Lipinski definition) is 1. The van der Waals surface area contributed by atoms with Crippen molar-refractivity contribution in [2.45, 2.75) is 6.42 Å². The minimum atomic E-state index is -0.807. The van der Waals surface area contributed by atoms with Gasteiger partial charge in [-0.05, 0) is 29.8 Å². The highest BCUT2D eigenvalue weighted by molar-refractivity contribution is 6.03. The van der Waals surface area contributed by atoms with Crippen molar-refractivity contribution in [2.24, 2.45) is 5.73 Å². The number of carbonyl (C=O) groups excluding carboxylic acids is 2. The first-order chi connectivity index (χ1) is 10.4. The molecule has 0 atom stereocenters. The third kappa shape index (κ3) is 3.28. The zero-order valence-corrected chi connectivity index (χ0v) is 11.7. The fourth-order valence-electron chi connectivity index (χ4n) is 2.01. The Hall–Kier alpha value is -2.76. The van der Waals surface area contributed by atoms with E-state index in [-0.39, 0.29) is 28.9 Å². The fourth-order valence-corrected chi connectivity index (χ4v) is 2.01. The normalized spacial score (nSPS) is 10.3. The Bertz CT molecular complexity index is 744.